The fourth-order valence-corrected chi connectivity index (χ4v) is 3.06. The molecule has 2 N–H and O–H groups in total. The predicted octanol–water partition coefficient (Wildman–Crippen LogP) is 4.66. The monoisotopic (exact) mass is 503 g/mol. The summed E-state index contributed by atoms with van der Waals surface area (Å²) in [4.78, 5) is 4.79. The van der Waals surface area contributed by atoms with Crippen LogP contribution in [0.1, 0.15) is 58.1 Å². The van der Waals surface area contributed by atoms with E-state index in [0.717, 1.165) is 50.0 Å². The Labute approximate surface area is 188 Å². The normalized spacial score (nSPS) is 15.1. The lowest BCUT2D eigenvalue weighted by atomic mass is 10.0. The van der Waals surface area contributed by atoms with Gasteiger partial charge in [0, 0.05) is 31.9 Å². The standard InChI is InChI=1S/C22H37N3O2.HI/c1-6-23-21(25-16-22(10-11-22)12-13-26-7-2)24-15-19-9-8-18(5)14-20(19)27-17(3)4;/h8-9,14,17H,6-7,10-13,15-16H2,1-5H3,(H2,23,24,25);1H. The Kier molecular flexibility index (Phi) is 11.2. The fraction of sp³-hybridized carbons (Fsp3) is 0.682. The number of halogens is 1. The molecule has 0 unspecified atom stereocenters. The van der Waals surface area contributed by atoms with E-state index in [2.05, 4.69) is 63.5 Å². The first kappa shape index (κ1) is 25.0. The molecule has 1 fully saturated rings. The quantitative estimate of drug-likeness (QED) is 0.200. The van der Waals surface area contributed by atoms with Crippen LogP contribution in [0.15, 0.2) is 23.2 Å². The highest BCUT2D eigenvalue weighted by atomic mass is 127. The van der Waals surface area contributed by atoms with Gasteiger partial charge >= 0.3 is 0 Å². The number of ether oxygens (including phenoxy) is 2. The van der Waals surface area contributed by atoms with Crippen LogP contribution < -0.4 is 15.4 Å². The minimum Gasteiger partial charge on any atom is -0.491 e. The van der Waals surface area contributed by atoms with E-state index in [1.165, 1.54) is 18.4 Å². The zero-order valence-electron chi connectivity index (χ0n) is 18.1. The maximum atomic E-state index is 5.97. The second-order valence-corrected chi connectivity index (χ2v) is 7.77. The van der Waals surface area contributed by atoms with E-state index in [-0.39, 0.29) is 30.1 Å². The van der Waals surface area contributed by atoms with Crippen molar-refractivity contribution < 1.29 is 9.47 Å². The number of guanidine groups is 1. The largest absolute Gasteiger partial charge is 0.491 e. The molecule has 0 spiro atoms. The third-order valence-corrected chi connectivity index (χ3v) is 4.91. The summed E-state index contributed by atoms with van der Waals surface area (Å²) < 4.78 is 11.5. The van der Waals surface area contributed by atoms with E-state index in [1.807, 2.05) is 0 Å². The van der Waals surface area contributed by atoms with Gasteiger partial charge in [0.1, 0.15) is 5.75 Å². The van der Waals surface area contributed by atoms with Gasteiger partial charge in [-0.25, -0.2) is 4.99 Å². The summed E-state index contributed by atoms with van der Waals surface area (Å²) in [6.07, 6.45) is 3.83. The molecule has 0 heterocycles. The summed E-state index contributed by atoms with van der Waals surface area (Å²) in [7, 11) is 0. The summed E-state index contributed by atoms with van der Waals surface area (Å²) in [5, 5.41) is 6.89. The van der Waals surface area contributed by atoms with Gasteiger partial charge in [-0.2, -0.15) is 0 Å². The van der Waals surface area contributed by atoms with Crippen molar-refractivity contribution in [2.24, 2.45) is 10.4 Å². The predicted molar refractivity (Wildman–Crippen MR) is 128 cm³/mol. The molecule has 1 saturated carbocycles. The number of benzene rings is 1. The van der Waals surface area contributed by atoms with Crippen molar-refractivity contribution in [1.82, 2.24) is 10.6 Å². The van der Waals surface area contributed by atoms with Crippen LogP contribution in [0.3, 0.4) is 0 Å². The smallest absolute Gasteiger partial charge is 0.191 e. The van der Waals surface area contributed by atoms with Gasteiger partial charge < -0.3 is 20.1 Å². The van der Waals surface area contributed by atoms with Crippen LogP contribution in [0.5, 0.6) is 5.75 Å². The van der Waals surface area contributed by atoms with Crippen molar-refractivity contribution in [3.63, 3.8) is 0 Å². The fourth-order valence-electron chi connectivity index (χ4n) is 3.06. The van der Waals surface area contributed by atoms with Crippen molar-refractivity contribution in [3.8, 4) is 5.75 Å². The first-order valence-corrected chi connectivity index (χ1v) is 10.3. The summed E-state index contributed by atoms with van der Waals surface area (Å²) in [6.45, 7) is 14.4. The van der Waals surface area contributed by atoms with Crippen LogP contribution in [0, 0.1) is 12.3 Å². The highest BCUT2D eigenvalue weighted by molar-refractivity contribution is 14.0. The molecule has 5 nitrogen and oxygen atoms in total. The molecule has 0 amide bonds. The number of aryl methyl sites for hydroxylation is 1. The van der Waals surface area contributed by atoms with E-state index in [0.29, 0.717) is 12.0 Å². The molecule has 1 aliphatic rings. The van der Waals surface area contributed by atoms with Gasteiger partial charge in [-0.1, -0.05) is 12.1 Å². The lowest BCUT2D eigenvalue weighted by Gasteiger charge is -2.19. The molecular weight excluding hydrogens is 465 g/mol. The highest BCUT2D eigenvalue weighted by Crippen LogP contribution is 2.48. The molecule has 160 valence electrons. The van der Waals surface area contributed by atoms with Crippen molar-refractivity contribution in [2.75, 3.05) is 26.3 Å². The molecule has 0 bridgehead atoms. The number of nitrogens with one attached hydrogen (secondary N) is 2. The Balaban J connectivity index is 0.00000392. The van der Waals surface area contributed by atoms with E-state index in [9.17, 15) is 0 Å². The highest BCUT2D eigenvalue weighted by Gasteiger charge is 2.41. The molecule has 0 radical (unpaired) electrons. The van der Waals surface area contributed by atoms with E-state index in [4.69, 9.17) is 14.5 Å². The maximum Gasteiger partial charge on any atom is 0.191 e. The maximum absolute atomic E-state index is 5.97. The Morgan fingerprint density at radius 2 is 1.96 bits per heavy atom. The number of nitrogens with zero attached hydrogens (tertiary/aromatic N) is 1. The van der Waals surface area contributed by atoms with Gasteiger partial charge in [0.15, 0.2) is 5.96 Å². The van der Waals surface area contributed by atoms with Crippen LogP contribution in [-0.2, 0) is 11.3 Å². The van der Waals surface area contributed by atoms with Crippen LogP contribution in [0.4, 0.5) is 0 Å². The minimum atomic E-state index is 0. The third-order valence-electron chi connectivity index (χ3n) is 4.91. The lowest BCUT2D eigenvalue weighted by Crippen LogP contribution is -2.40. The average molecular weight is 503 g/mol. The van der Waals surface area contributed by atoms with Crippen LogP contribution in [0.25, 0.3) is 0 Å². The molecule has 0 atom stereocenters. The molecule has 2 rings (SSSR count). The van der Waals surface area contributed by atoms with Crippen molar-refractivity contribution >= 4 is 29.9 Å². The second kappa shape index (κ2) is 12.5. The average Bonchev–Trinajstić information content (AvgIpc) is 3.38. The van der Waals surface area contributed by atoms with Crippen LogP contribution in [-0.4, -0.2) is 38.4 Å². The molecule has 0 aliphatic heterocycles. The van der Waals surface area contributed by atoms with Gasteiger partial charge in [-0.3, -0.25) is 0 Å². The van der Waals surface area contributed by atoms with Gasteiger partial charge in [-0.15, -0.1) is 24.0 Å². The molecular formula is C22H38IN3O2. The lowest BCUT2D eigenvalue weighted by molar-refractivity contribution is 0.128. The zero-order valence-corrected chi connectivity index (χ0v) is 20.5. The summed E-state index contributed by atoms with van der Waals surface area (Å²) in [5.74, 6) is 1.80. The van der Waals surface area contributed by atoms with E-state index in [1.54, 1.807) is 0 Å². The first-order valence-electron chi connectivity index (χ1n) is 10.3. The van der Waals surface area contributed by atoms with Gasteiger partial charge in [0.25, 0.3) is 0 Å². The van der Waals surface area contributed by atoms with Crippen molar-refractivity contribution in [3.05, 3.63) is 29.3 Å². The number of aliphatic imine (C=N–C) groups is 1. The molecule has 1 aromatic rings. The summed E-state index contributed by atoms with van der Waals surface area (Å²) in [6, 6.07) is 6.33. The molecule has 6 heteroatoms. The number of hydrogen-bond acceptors (Lipinski definition) is 3. The second-order valence-electron chi connectivity index (χ2n) is 7.77. The molecule has 0 aromatic heterocycles. The Bertz CT molecular complexity index is 616. The molecule has 1 aliphatic carbocycles. The number of rotatable bonds is 11. The van der Waals surface area contributed by atoms with Crippen molar-refractivity contribution in [1.29, 1.82) is 0 Å². The summed E-state index contributed by atoms with van der Waals surface area (Å²) in [5.41, 5.74) is 2.71. The van der Waals surface area contributed by atoms with Gasteiger partial charge in [-0.05, 0) is 70.9 Å². The van der Waals surface area contributed by atoms with Crippen LogP contribution >= 0.6 is 24.0 Å². The minimum absolute atomic E-state index is 0. The Morgan fingerprint density at radius 3 is 2.57 bits per heavy atom. The zero-order chi connectivity index (χ0) is 19.7. The first-order chi connectivity index (χ1) is 13.0. The van der Waals surface area contributed by atoms with E-state index >= 15 is 0 Å². The Morgan fingerprint density at radius 1 is 1.21 bits per heavy atom. The van der Waals surface area contributed by atoms with Gasteiger partial charge in [0.05, 0.1) is 12.6 Å². The van der Waals surface area contributed by atoms with Crippen LogP contribution in [0.2, 0.25) is 0 Å². The van der Waals surface area contributed by atoms with Crippen molar-refractivity contribution in [2.45, 2.75) is 66.5 Å². The molecule has 28 heavy (non-hydrogen) atoms. The van der Waals surface area contributed by atoms with E-state index < -0.39 is 0 Å². The van der Waals surface area contributed by atoms with Gasteiger partial charge in [0.2, 0.25) is 0 Å². The topological polar surface area (TPSA) is 54.9 Å². The Hall–Kier alpha value is -1.02. The molecule has 1 aromatic carbocycles. The third kappa shape index (κ3) is 8.55. The SMILES string of the molecule is CCNC(=NCc1ccc(C)cc1OC(C)C)NCC1(CCOCC)CC1.I. The number of hydrogen-bond donors (Lipinski definition) is 2. The molecule has 0 saturated heterocycles. The summed E-state index contributed by atoms with van der Waals surface area (Å²) >= 11 is 0.